The summed E-state index contributed by atoms with van der Waals surface area (Å²) in [5.41, 5.74) is 5.58. The molecule has 0 amide bonds. The first-order chi connectivity index (χ1) is 7.54. The monoisotopic (exact) mass is 228 g/mol. The van der Waals surface area contributed by atoms with Crippen molar-refractivity contribution in [3.63, 3.8) is 0 Å². The van der Waals surface area contributed by atoms with Gasteiger partial charge in [0.15, 0.2) is 0 Å². The molecule has 82 valence electrons. The van der Waals surface area contributed by atoms with E-state index in [9.17, 15) is 0 Å². The molecule has 0 saturated carbocycles. The molecular formula is C15H16S. The molecule has 0 bridgehead atoms. The van der Waals surface area contributed by atoms with E-state index in [1.54, 1.807) is 0 Å². The van der Waals surface area contributed by atoms with Crippen molar-refractivity contribution in [1.82, 2.24) is 0 Å². The molecule has 0 unspecified atom stereocenters. The summed E-state index contributed by atoms with van der Waals surface area (Å²) in [6.45, 7) is 12.5. The van der Waals surface area contributed by atoms with Crippen LogP contribution in [-0.4, -0.2) is 17.4 Å². The van der Waals surface area contributed by atoms with Crippen molar-refractivity contribution in [2.75, 3.05) is 12.5 Å². The molecule has 1 aliphatic rings. The molecule has 0 atom stereocenters. The average Bonchev–Trinajstić information content (AvgIpc) is 2.26. The topological polar surface area (TPSA) is 0 Å². The standard InChI is InChI=1S/C15H16S/c1-10-11(2)15(16(4)5)12(3)14-9-7-6-8-13(10)14/h6-9H,1-3H2,4-5H3. The van der Waals surface area contributed by atoms with E-state index >= 15 is 0 Å². The molecule has 0 fully saturated rings. The van der Waals surface area contributed by atoms with Gasteiger partial charge in [0.2, 0.25) is 0 Å². The lowest BCUT2D eigenvalue weighted by Gasteiger charge is -2.26. The van der Waals surface area contributed by atoms with Crippen molar-refractivity contribution in [1.29, 1.82) is 0 Å². The molecular weight excluding hydrogens is 212 g/mol. The molecule has 1 heteroatoms. The van der Waals surface area contributed by atoms with Crippen LogP contribution in [0.3, 0.4) is 0 Å². The van der Waals surface area contributed by atoms with Gasteiger partial charge in [-0.2, -0.15) is 10.5 Å². The van der Waals surface area contributed by atoms with Crippen LogP contribution < -0.4 is 0 Å². The molecule has 1 aromatic rings. The minimum absolute atomic E-state index is 0.167. The molecule has 0 aromatic heterocycles. The Hall–Kier alpha value is -1.34. The summed E-state index contributed by atoms with van der Waals surface area (Å²) < 4.78 is 0. The van der Waals surface area contributed by atoms with Gasteiger partial charge < -0.3 is 0 Å². The van der Waals surface area contributed by atoms with E-state index in [1.165, 1.54) is 16.0 Å². The Morgan fingerprint density at radius 3 is 1.81 bits per heavy atom. The van der Waals surface area contributed by atoms with E-state index in [0.29, 0.717) is 0 Å². The highest BCUT2D eigenvalue weighted by Gasteiger charge is 2.23. The Balaban J connectivity index is 2.76. The lowest BCUT2D eigenvalue weighted by molar-refractivity contribution is 1.54. The van der Waals surface area contributed by atoms with Gasteiger partial charge in [0.05, 0.1) is 0 Å². The predicted octanol–water partition coefficient (Wildman–Crippen LogP) is 3.98. The van der Waals surface area contributed by atoms with Gasteiger partial charge in [0.1, 0.15) is 0 Å². The zero-order valence-electron chi connectivity index (χ0n) is 9.84. The maximum atomic E-state index is 4.21. The van der Waals surface area contributed by atoms with Crippen molar-refractivity contribution < 1.29 is 0 Å². The van der Waals surface area contributed by atoms with Crippen LogP contribution in [0.4, 0.5) is 0 Å². The van der Waals surface area contributed by atoms with E-state index in [4.69, 9.17) is 0 Å². The van der Waals surface area contributed by atoms with Gasteiger partial charge in [-0.1, -0.05) is 44.0 Å². The van der Waals surface area contributed by atoms with Crippen LogP contribution in [0.5, 0.6) is 0 Å². The highest BCUT2D eigenvalue weighted by molar-refractivity contribution is 8.15. The van der Waals surface area contributed by atoms with Crippen LogP contribution in [0.25, 0.3) is 11.1 Å². The first-order valence-corrected chi connectivity index (χ1v) is 7.20. The predicted molar refractivity (Wildman–Crippen MR) is 78.1 cm³/mol. The van der Waals surface area contributed by atoms with Crippen LogP contribution in [0.15, 0.2) is 49.6 Å². The fourth-order valence-electron chi connectivity index (χ4n) is 2.11. The van der Waals surface area contributed by atoms with E-state index in [0.717, 1.165) is 16.7 Å². The number of benzene rings is 1. The molecule has 0 spiro atoms. The summed E-state index contributed by atoms with van der Waals surface area (Å²) in [4.78, 5) is 1.27. The lowest BCUT2D eigenvalue weighted by Crippen LogP contribution is -2.13. The second kappa shape index (κ2) is 3.91. The molecule has 0 aliphatic heterocycles. The van der Waals surface area contributed by atoms with Crippen LogP contribution in [0.2, 0.25) is 0 Å². The van der Waals surface area contributed by atoms with Crippen molar-refractivity contribution in [2.24, 2.45) is 0 Å². The largest absolute Gasteiger partial charge is 0.184 e. The molecule has 0 radical (unpaired) electrons. The zero-order chi connectivity index (χ0) is 11.9. The smallest absolute Gasteiger partial charge is 0.0119 e. The summed E-state index contributed by atoms with van der Waals surface area (Å²) >= 11 is 0. The SMILES string of the molecule is C=C1C(=C)c2ccccc2C(=C)C1=S(C)C. The Morgan fingerprint density at radius 1 is 0.812 bits per heavy atom. The van der Waals surface area contributed by atoms with Gasteiger partial charge in [-0.25, -0.2) is 0 Å². The molecule has 0 N–H and O–H groups in total. The third-order valence-electron chi connectivity index (χ3n) is 2.90. The van der Waals surface area contributed by atoms with E-state index in [-0.39, 0.29) is 10.5 Å². The fraction of sp³-hybridized carbons (Fsp3) is 0.133. The van der Waals surface area contributed by atoms with Crippen molar-refractivity contribution in [3.05, 3.63) is 60.7 Å². The first-order valence-electron chi connectivity index (χ1n) is 5.16. The Bertz CT molecular complexity index is 540. The Labute approximate surface area is 99.9 Å². The van der Waals surface area contributed by atoms with E-state index in [1.807, 2.05) is 12.1 Å². The van der Waals surface area contributed by atoms with E-state index < -0.39 is 0 Å². The lowest BCUT2D eigenvalue weighted by atomic mass is 9.82. The van der Waals surface area contributed by atoms with Gasteiger partial charge in [0.25, 0.3) is 0 Å². The summed E-state index contributed by atoms with van der Waals surface area (Å²) in [5, 5.41) is 0. The molecule has 0 heterocycles. The number of hydrogen-bond donors (Lipinski definition) is 0. The number of rotatable bonds is 0. The molecule has 2 rings (SSSR count). The fourth-order valence-corrected chi connectivity index (χ4v) is 3.33. The van der Waals surface area contributed by atoms with Crippen LogP contribution in [-0.2, 0) is 0 Å². The Kier molecular flexibility index (Phi) is 2.73. The normalized spacial score (nSPS) is 15.7. The molecule has 16 heavy (non-hydrogen) atoms. The third-order valence-corrected chi connectivity index (χ3v) is 4.21. The van der Waals surface area contributed by atoms with Gasteiger partial charge in [0, 0.05) is 4.86 Å². The second-order valence-corrected chi connectivity index (χ2v) is 6.17. The quantitative estimate of drug-likeness (QED) is 0.465. The maximum Gasteiger partial charge on any atom is 0.0119 e. The molecule has 0 saturated heterocycles. The molecule has 1 aliphatic carbocycles. The summed E-state index contributed by atoms with van der Waals surface area (Å²) in [6, 6.07) is 8.29. The highest BCUT2D eigenvalue weighted by atomic mass is 32.2. The first kappa shape index (κ1) is 11.2. The van der Waals surface area contributed by atoms with Gasteiger partial charge in [-0.05, 0) is 40.4 Å². The van der Waals surface area contributed by atoms with Crippen molar-refractivity contribution in [3.8, 4) is 0 Å². The van der Waals surface area contributed by atoms with Crippen LogP contribution in [0.1, 0.15) is 11.1 Å². The van der Waals surface area contributed by atoms with Gasteiger partial charge >= 0.3 is 0 Å². The summed E-state index contributed by atoms with van der Waals surface area (Å²) in [7, 11) is 0.167. The van der Waals surface area contributed by atoms with Crippen LogP contribution >= 0.6 is 10.5 Å². The number of allylic oxidation sites excluding steroid dienone is 3. The van der Waals surface area contributed by atoms with Gasteiger partial charge in [-0.3, -0.25) is 0 Å². The van der Waals surface area contributed by atoms with Crippen molar-refractivity contribution >= 4 is 26.5 Å². The number of hydrogen-bond acceptors (Lipinski definition) is 0. The van der Waals surface area contributed by atoms with Crippen molar-refractivity contribution in [2.45, 2.75) is 0 Å². The second-order valence-electron chi connectivity index (χ2n) is 4.13. The van der Waals surface area contributed by atoms with Gasteiger partial charge in [-0.15, -0.1) is 0 Å². The minimum atomic E-state index is 0.167. The van der Waals surface area contributed by atoms with Crippen LogP contribution in [0, 0.1) is 0 Å². The third kappa shape index (κ3) is 1.52. The summed E-state index contributed by atoms with van der Waals surface area (Å²) in [6.07, 6.45) is 4.40. The molecule has 1 aromatic carbocycles. The average molecular weight is 228 g/mol. The summed E-state index contributed by atoms with van der Waals surface area (Å²) in [5.74, 6) is 0. The zero-order valence-corrected chi connectivity index (χ0v) is 10.7. The maximum absolute atomic E-state index is 4.21. The number of fused-ring (bicyclic) bond motifs is 1. The highest BCUT2D eigenvalue weighted by Crippen LogP contribution is 2.39. The minimum Gasteiger partial charge on any atom is -0.184 e. The van der Waals surface area contributed by atoms with E-state index in [2.05, 4.69) is 44.4 Å². The molecule has 0 nitrogen and oxygen atoms in total. The Morgan fingerprint density at radius 2 is 1.31 bits per heavy atom.